The van der Waals surface area contributed by atoms with E-state index < -0.39 is 23.8 Å². The van der Waals surface area contributed by atoms with Gasteiger partial charge in [0.2, 0.25) is 11.8 Å². The number of aryl methyl sites for hydroxylation is 2. The van der Waals surface area contributed by atoms with Gasteiger partial charge in [0.05, 0.1) is 0 Å². The maximum Gasteiger partial charge on any atom is 0.326 e. The van der Waals surface area contributed by atoms with E-state index in [2.05, 4.69) is 5.32 Å². The Morgan fingerprint density at radius 1 is 1.35 bits per heavy atom. The Hall–Kier alpha value is -2.64. The molecule has 8 nitrogen and oxygen atoms in total. The maximum absolute atomic E-state index is 11.8. The van der Waals surface area contributed by atoms with E-state index in [-0.39, 0.29) is 24.8 Å². The van der Waals surface area contributed by atoms with E-state index in [0.29, 0.717) is 13.0 Å². The van der Waals surface area contributed by atoms with Gasteiger partial charge in [-0.3, -0.25) is 14.4 Å². The molecular formula is C15H21N3O5. The summed E-state index contributed by atoms with van der Waals surface area (Å²) in [6, 6.07) is 2.16. The third-order valence-electron chi connectivity index (χ3n) is 3.27. The molecule has 1 unspecified atom stereocenters. The van der Waals surface area contributed by atoms with Crippen LogP contribution in [0.15, 0.2) is 23.1 Å². The molecule has 0 saturated carbocycles. The first-order valence-corrected chi connectivity index (χ1v) is 7.27. The van der Waals surface area contributed by atoms with E-state index in [0.717, 1.165) is 5.56 Å². The molecule has 4 N–H and O–H groups in total. The molecule has 2 amide bonds. The highest BCUT2D eigenvalue weighted by molar-refractivity contribution is 5.84. The SMILES string of the molecule is Cc1ccn(CCCC(=O)NC(CCC(N)=O)C(=O)O)c(=O)c1. The normalized spacial score (nSPS) is 11.7. The van der Waals surface area contributed by atoms with Gasteiger partial charge in [0.15, 0.2) is 0 Å². The molecule has 0 bridgehead atoms. The van der Waals surface area contributed by atoms with Gasteiger partial charge < -0.3 is 20.7 Å². The largest absolute Gasteiger partial charge is 0.480 e. The molecule has 0 aliphatic heterocycles. The number of pyridine rings is 1. The Morgan fingerprint density at radius 2 is 2.04 bits per heavy atom. The molecule has 0 aromatic carbocycles. The number of aromatic nitrogens is 1. The number of hydrogen-bond acceptors (Lipinski definition) is 4. The highest BCUT2D eigenvalue weighted by Gasteiger charge is 2.20. The van der Waals surface area contributed by atoms with Gasteiger partial charge in [-0.25, -0.2) is 4.79 Å². The Labute approximate surface area is 133 Å². The van der Waals surface area contributed by atoms with Crippen LogP contribution in [0.5, 0.6) is 0 Å². The van der Waals surface area contributed by atoms with Crippen molar-refractivity contribution in [3.63, 3.8) is 0 Å². The van der Waals surface area contributed by atoms with Crippen molar-refractivity contribution in [3.8, 4) is 0 Å². The highest BCUT2D eigenvalue weighted by Crippen LogP contribution is 2.00. The molecule has 8 heteroatoms. The molecule has 0 aliphatic rings. The number of amides is 2. The zero-order valence-corrected chi connectivity index (χ0v) is 12.9. The van der Waals surface area contributed by atoms with E-state index in [1.165, 1.54) is 10.6 Å². The average Bonchev–Trinajstić information content (AvgIpc) is 2.45. The predicted molar refractivity (Wildman–Crippen MR) is 82.7 cm³/mol. The lowest BCUT2D eigenvalue weighted by atomic mass is 10.1. The lowest BCUT2D eigenvalue weighted by Gasteiger charge is -2.13. The van der Waals surface area contributed by atoms with Gasteiger partial charge in [-0.1, -0.05) is 0 Å². The summed E-state index contributed by atoms with van der Waals surface area (Å²) < 4.78 is 1.49. The summed E-state index contributed by atoms with van der Waals surface area (Å²) in [5.41, 5.74) is 5.68. The van der Waals surface area contributed by atoms with Gasteiger partial charge in [0.25, 0.3) is 5.56 Å². The lowest BCUT2D eigenvalue weighted by molar-refractivity contribution is -0.142. The van der Waals surface area contributed by atoms with Crippen molar-refractivity contribution in [2.24, 2.45) is 5.73 Å². The molecule has 1 aromatic rings. The number of nitrogens with one attached hydrogen (secondary N) is 1. The summed E-state index contributed by atoms with van der Waals surface area (Å²) in [5, 5.41) is 11.3. The number of nitrogens with two attached hydrogens (primary N) is 1. The Kier molecular flexibility index (Phi) is 6.98. The van der Waals surface area contributed by atoms with Gasteiger partial charge in [-0.05, 0) is 31.4 Å². The van der Waals surface area contributed by atoms with E-state index in [9.17, 15) is 19.2 Å². The fourth-order valence-corrected chi connectivity index (χ4v) is 2.01. The van der Waals surface area contributed by atoms with Crippen molar-refractivity contribution >= 4 is 17.8 Å². The summed E-state index contributed by atoms with van der Waals surface area (Å²) in [5.74, 6) is -2.28. The second kappa shape index (κ2) is 8.72. The minimum absolute atomic E-state index is 0.0478. The average molecular weight is 323 g/mol. The van der Waals surface area contributed by atoms with Crippen molar-refractivity contribution in [1.29, 1.82) is 0 Å². The summed E-state index contributed by atoms with van der Waals surface area (Å²) in [4.78, 5) is 45.1. The van der Waals surface area contributed by atoms with Crippen molar-refractivity contribution < 1.29 is 19.5 Å². The molecule has 23 heavy (non-hydrogen) atoms. The van der Waals surface area contributed by atoms with E-state index in [4.69, 9.17) is 10.8 Å². The number of primary amides is 1. The number of carbonyl (C=O) groups excluding carboxylic acids is 2. The smallest absolute Gasteiger partial charge is 0.326 e. The van der Waals surface area contributed by atoms with Crippen LogP contribution >= 0.6 is 0 Å². The van der Waals surface area contributed by atoms with Gasteiger partial charge in [0, 0.05) is 31.6 Å². The zero-order chi connectivity index (χ0) is 17.4. The second-order valence-electron chi connectivity index (χ2n) is 5.30. The Balaban J connectivity index is 2.44. The number of nitrogens with zero attached hydrogens (tertiary/aromatic N) is 1. The van der Waals surface area contributed by atoms with Crippen molar-refractivity contribution in [2.75, 3.05) is 0 Å². The number of aliphatic carboxylic acids is 1. The van der Waals surface area contributed by atoms with Crippen molar-refractivity contribution in [1.82, 2.24) is 9.88 Å². The Morgan fingerprint density at radius 3 is 2.61 bits per heavy atom. The molecule has 0 fully saturated rings. The minimum atomic E-state index is -1.21. The second-order valence-corrected chi connectivity index (χ2v) is 5.30. The molecule has 1 heterocycles. The standard InChI is InChI=1S/C15H21N3O5/c1-10-6-8-18(14(21)9-10)7-2-3-13(20)17-11(15(22)23)4-5-12(16)19/h6,8-9,11H,2-5,7H2,1H3,(H2,16,19)(H,17,20)(H,22,23). The third-order valence-corrected chi connectivity index (χ3v) is 3.27. The molecule has 0 saturated heterocycles. The van der Waals surface area contributed by atoms with Crippen LogP contribution in [0.25, 0.3) is 0 Å². The van der Waals surface area contributed by atoms with Crippen LogP contribution in [0.4, 0.5) is 0 Å². The summed E-state index contributed by atoms with van der Waals surface area (Å²) in [7, 11) is 0. The van der Waals surface area contributed by atoms with E-state index >= 15 is 0 Å². The summed E-state index contributed by atoms with van der Waals surface area (Å²) in [6.07, 6.45) is 1.98. The molecule has 0 aliphatic carbocycles. The number of rotatable bonds is 9. The molecule has 1 atom stereocenters. The molecule has 1 aromatic heterocycles. The van der Waals surface area contributed by atoms with Crippen LogP contribution in [0, 0.1) is 6.92 Å². The van der Waals surface area contributed by atoms with E-state index in [1.807, 2.05) is 6.92 Å². The molecule has 1 rings (SSSR count). The van der Waals surface area contributed by atoms with Crippen molar-refractivity contribution in [3.05, 3.63) is 34.2 Å². The zero-order valence-electron chi connectivity index (χ0n) is 12.9. The van der Waals surface area contributed by atoms with Crippen LogP contribution < -0.4 is 16.6 Å². The highest BCUT2D eigenvalue weighted by atomic mass is 16.4. The van der Waals surface area contributed by atoms with Crippen LogP contribution in [0.2, 0.25) is 0 Å². The van der Waals surface area contributed by atoms with Gasteiger partial charge in [-0.15, -0.1) is 0 Å². The maximum atomic E-state index is 11.8. The Bertz CT molecular complexity index is 638. The van der Waals surface area contributed by atoms with Crippen molar-refractivity contribution in [2.45, 2.75) is 45.2 Å². The lowest BCUT2D eigenvalue weighted by Crippen LogP contribution is -2.41. The first-order valence-electron chi connectivity index (χ1n) is 7.27. The minimum Gasteiger partial charge on any atom is -0.480 e. The van der Waals surface area contributed by atoms with Crippen LogP contribution in [0.3, 0.4) is 0 Å². The molecule has 0 radical (unpaired) electrons. The molecule has 126 valence electrons. The van der Waals surface area contributed by atoms with Gasteiger partial charge >= 0.3 is 5.97 Å². The van der Waals surface area contributed by atoms with Gasteiger partial charge in [-0.2, -0.15) is 0 Å². The monoisotopic (exact) mass is 323 g/mol. The fraction of sp³-hybridized carbons (Fsp3) is 0.467. The molecular weight excluding hydrogens is 302 g/mol. The molecule has 0 spiro atoms. The fourth-order valence-electron chi connectivity index (χ4n) is 2.01. The number of carboxylic acids is 1. The number of carboxylic acid groups (broad SMARTS) is 1. The van der Waals surface area contributed by atoms with Crippen LogP contribution in [-0.2, 0) is 20.9 Å². The first kappa shape index (κ1) is 18.4. The predicted octanol–water partition coefficient (Wildman–Crippen LogP) is -0.228. The third kappa shape index (κ3) is 6.77. The number of hydrogen-bond donors (Lipinski definition) is 3. The topological polar surface area (TPSA) is 131 Å². The summed E-state index contributed by atoms with van der Waals surface area (Å²) in [6.45, 7) is 2.18. The van der Waals surface area contributed by atoms with Crippen LogP contribution in [0.1, 0.15) is 31.2 Å². The first-order chi connectivity index (χ1) is 10.8. The number of carbonyl (C=O) groups is 3. The van der Waals surface area contributed by atoms with Gasteiger partial charge in [0.1, 0.15) is 6.04 Å². The quantitative estimate of drug-likeness (QED) is 0.577. The van der Waals surface area contributed by atoms with E-state index in [1.54, 1.807) is 12.3 Å². The summed E-state index contributed by atoms with van der Waals surface area (Å²) >= 11 is 0. The van der Waals surface area contributed by atoms with Crippen LogP contribution in [-0.4, -0.2) is 33.5 Å².